The van der Waals surface area contributed by atoms with Crippen LogP contribution in [0.25, 0.3) is 0 Å². The number of carboxylic acid groups (broad SMARTS) is 1. The van der Waals surface area contributed by atoms with Gasteiger partial charge in [0.15, 0.2) is 0 Å². The molecule has 3 rings (SSSR count). The summed E-state index contributed by atoms with van der Waals surface area (Å²) in [4.78, 5) is 25.7. The minimum absolute atomic E-state index is 0.194. The zero-order valence-corrected chi connectivity index (χ0v) is 14.9. The zero-order chi connectivity index (χ0) is 18.5. The van der Waals surface area contributed by atoms with E-state index >= 15 is 0 Å². The van der Waals surface area contributed by atoms with Gasteiger partial charge in [0.2, 0.25) is 0 Å². The van der Waals surface area contributed by atoms with Crippen LogP contribution in [0.15, 0.2) is 48.5 Å². The van der Waals surface area contributed by atoms with Crippen LogP contribution in [0.1, 0.15) is 46.0 Å². The predicted octanol–water partition coefficient (Wildman–Crippen LogP) is 3.87. The van der Waals surface area contributed by atoms with Gasteiger partial charge in [0.05, 0.1) is 5.56 Å². The summed E-state index contributed by atoms with van der Waals surface area (Å²) >= 11 is 0. The van der Waals surface area contributed by atoms with Gasteiger partial charge in [-0.2, -0.15) is 0 Å². The van der Waals surface area contributed by atoms with Crippen molar-refractivity contribution in [1.29, 1.82) is 0 Å². The molecule has 5 heteroatoms. The summed E-state index contributed by atoms with van der Waals surface area (Å²) in [5.74, 6) is -0.436. The number of rotatable bonds is 5. The quantitative estimate of drug-likeness (QED) is 0.857. The van der Waals surface area contributed by atoms with Gasteiger partial charge in [0, 0.05) is 24.3 Å². The maximum absolute atomic E-state index is 12.3. The summed E-state index contributed by atoms with van der Waals surface area (Å²) in [6.07, 6.45) is 2.56. The molecule has 0 aromatic heterocycles. The number of anilines is 1. The van der Waals surface area contributed by atoms with Crippen molar-refractivity contribution in [2.75, 3.05) is 18.4 Å². The first-order valence-corrected chi connectivity index (χ1v) is 8.97. The Kier molecular flexibility index (Phi) is 5.68. The molecule has 1 aliphatic rings. The fraction of sp³-hybridized carbons (Fsp3) is 0.333. The highest BCUT2D eigenvalue weighted by Gasteiger charge is 2.16. The van der Waals surface area contributed by atoms with E-state index in [-0.39, 0.29) is 11.5 Å². The Morgan fingerprint density at radius 2 is 1.73 bits per heavy atom. The van der Waals surface area contributed by atoms with E-state index in [0.29, 0.717) is 11.3 Å². The number of benzene rings is 2. The van der Waals surface area contributed by atoms with Gasteiger partial charge in [-0.3, -0.25) is 9.69 Å². The first-order chi connectivity index (χ1) is 12.5. The number of hydrogen-bond acceptors (Lipinski definition) is 3. The number of nitrogens with one attached hydrogen (secondary N) is 1. The third kappa shape index (κ3) is 4.70. The van der Waals surface area contributed by atoms with Crippen LogP contribution in [-0.4, -0.2) is 35.0 Å². The van der Waals surface area contributed by atoms with Crippen molar-refractivity contribution >= 4 is 17.6 Å². The van der Waals surface area contributed by atoms with Crippen LogP contribution in [0.2, 0.25) is 0 Å². The molecule has 5 nitrogen and oxygen atoms in total. The second-order valence-electron chi connectivity index (χ2n) is 7.02. The van der Waals surface area contributed by atoms with Gasteiger partial charge in [-0.15, -0.1) is 0 Å². The largest absolute Gasteiger partial charge is 0.478 e. The highest BCUT2D eigenvalue weighted by molar-refractivity contribution is 6.04. The second-order valence-corrected chi connectivity index (χ2v) is 7.02. The lowest BCUT2D eigenvalue weighted by molar-refractivity contribution is 0.0696. The highest BCUT2D eigenvalue weighted by atomic mass is 16.4. The van der Waals surface area contributed by atoms with Crippen LogP contribution in [0.5, 0.6) is 0 Å². The molecule has 136 valence electrons. The van der Waals surface area contributed by atoms with Crippen LogP contribution >= 0.6 is 0 Å². The molecule has 1 amide bonds. The number of aromatic carboxylic acids is 1. The normalized spacial score (nSPS) is 17.7. The van der Waals surface area contributed by atoms with Crippen molar-refractivity contribution in [3.8, 4) is 0 Å². The summed E-state index contributed by atoms with van der Waals surface area (Å²) in [7, 11) is 0. The third-order valence-corrected chi connectivity index (χ3v) is 4.75. The Bertz CT molecular complexity index is 769. The van der Waals surface area contributed by atoms with E-state index in [2.05, 4.69) is 17.1 Å². The molecular weight excluding hydrogens is 328 g/mol. The molecule has 0 spiro atoms. The van der Waals surface area contributed by atoms with E-state index in [4.69, 9.17) is 5.11 Å². The first kappa shape index (κ1) is 18.1. The van der Waals surface area contributed by atoms with Crippen molar-refractivity contribution in [2.45, 2.75) is 26.3 Å². The van der Waals surface area contributed by atoms with Crippen molar-refractivity contribution in [1.82, 2.24) is 4.90 Å². The average molecular weight is 352 g/mol. The molecule has 0 unspecified atom stereocenters. The number of likely N-dealkylation sites (tertiary alicyclic amines) is 1. The van der Waals surface area contributed by atoms with Crippen molar-refractivity contribution in [3.63, 3.8) is 0 Å². The second kappa shape index (κ2) is 8.15. The van der Waals surface area contributed by atoms with E-state index < -0.39 is 5.97 Å². The fourth-order valence-corrected chi connectivity index (χ4v) is 3.35. The molecule has 1 saturated heterocycles. The fourth-order valence-electron chi connectivity index (χ4n) is 3.35. The number of hydrogen-bond donors (Lipinski definition) is 2. The van der Waals surface area contributed by atoms with E-state index in [1.807, 2.05) is 24.3 Å². The van der Waals surface area contributed by atoms with Crippen LogP contribution < -0.4 is 5.32 Å². The molecule has 2 aromatic carbocycles. The van der Waals surface area contributed by atoms with Gasteiger partial charge in [-0.25, -0.2) is 4.79 Å². The lowest BCUT2D eigenvalue weighted by Crippen LogP contribution is -2.33. The van der Waals surface area contributed by atoms with Gasteiger partial charge in [-0.05, 0) is 67.3 Å². The highest BCUT2D eigenvalue weighted by Crippen LogP contribution is 2.18. The SMILES string of the molecule is C[C@@H]1CCCN(Cc2ccc(C(=O)Nc3ccc(C(=O)O)cc3)cc2)C1. The summed E-state index contributed by atoms with van der Waals surface area (Å²) in [5.41, 5.74) is 2.57. The molecule has 1 heterocycles. The zero-order valence-electron chi connectivity index (χ0n) is 14.9. The van der Waals surface area contributed by atoms with Gasteiger partial charge in [-0.1, -0.05) is 19.1 Å². The maximum atomic E-state index is 12.3. The number of carboxylic acids is 1. The molecule has 0 aliphatic carbocycles. The summed E-state index contributed by atoms with van der Waals surface area (Å²) in [6, 6.07) is 13.8. The average Bonchev–Trinajstić information content (AvgIpc) is 2.63. The van der Waals surface area contributed by atoms with Crippen LogP contribution in [0.3, 0.4) is 0 Å². The minimum atomic E-state index is -0.985. The molecule has 1 atom stereocenters. The molecule has 2 N–H and O–H groups in total. The Hall–Kier alpha value is -2.66. The van der Waals surface area contributed by atoms with Gasteiger partial charge in [0.25, 0.3) is 5.91 Å². The number of piperidine rings is 1. The molecule has 26 heavy (non-hydrogen) atoms. The Labute approximate surface area is 153 Å². The van der Waals surface area contributed by atoms with Gasteiger partial charge >= 0.3 is 5.97 Å². The van der Waals surface area contributed by atoms with E-state index in [0.717, 1.165) is 25.6 Å². The molecule has 1 aliphatic heterocycles. The maximum Gasteiger partial charge on any atom is 0.335 e. The lowest BCUT2D eigenvalue weighted by atomic mass is 9.99. The van der Waals surface area contributed by atoms with Crippen molar-refractivity contribution in [2.24, 2.45) is 5.92 Å². The van der Waals surface area contributed by atoms with Crippen molar-refractivity contribution in [3.05, 3.63) is 65.2 Å². The number of carbonyl (C=O) groups excluding carboxylic acids is 1. The molecule has 1 fully saturated rings. The number of amides is 1. The van der Waals surface area contributed by atoms with E-state index in [1.54, 1.807) is 12.1 Å². The Morgan fingerprint density at radius 3 is 2.35 bits per heavy atom. The van der Waals surface area contributed by atoms with Crippen LogP contribution in [-0.2, 0) is 6.54 Å². The molecule has 0 bridgehead atoms. The van der Waals surface area contributed by atoms with Crippen LogP contribution in [0, 0.1) is 5.92 Å². The molecule has 2 aromatic rings. The van der Waals surface area contributed by atoms with Gasteiger partial charge in [0.1, 0.15) is 0 Å². The van der Waals surface area contributed by atoms with E-state index in [1.165, 1.54) is 30.5 Å². The van der Waals surface area contributed by atoms with Crippen molar-refractivity contribution < 1.29 is 14.7 Å². The number of carbonyl (C=O) groups is 2. The lowest BCUT2D eigenvalue weighted by Gasteiger charge is -2.30. The van der Waals surface area contributed by atoms with E-state index in [9.17, 15) is 9.59 Å². The topological polar surface area (TPSA) is 69.6 Å². The Morgan fingerprint density at radius 1 is 1.08 bits per heavy atom. The van der Waals surface area contributed by atoms with Gasteiger partial charge < -0.3 is 10.4 Å². The summed E-state index contributed by atoms with van der Waals surface area (Å²) < 4.78 is 0. The minimum Gasteiger partial charge on any atom is -0.478 e. The summed E-state index contributed by atoms with van der Waals surface area (Å²) in [6.45, 7) is 5.49. The monoisotopic (exact) mass is 352 g/mol. The Balaban J connectivity index is 1.58. The van der Waals surface area contributed by atoms with Crippen LogP contribution in [0.4, 0.5) is 5.69 Å². The third-order valence-electron chi connectivity index (χ3n) is 4.75. The molecular formula is C21H24N2O3. The number of nitrogens with zero attached hydrogens (tertiary/aromatic N) is 1. The molecule has 0 radical (unpaired) electrons. The smallest absolute Gasteiger partial charge is 0.335 e. The summed E-state index contributed by atoms with van der Waals surface area (Å²) in [5, 5.41) is 11.7. The predicted molar refractivity (Wildman–Crippen MR) is 101 cm³/mol. The molecule has 0 saturated carbocycles. The standard InChI is InChI=1S/C21H24N2O3/c1-15-3-2-12-23(13-15)14-16-4-6-17(7-5-16)20(24)22-19-10-8-18(9-11-19)21(25)26/h4-11,15H,2-3,12-14H2,1H3,(H,22,24)(H,25,26)/t15-/m1/s1. The first-order valence-electron chi connectivity index (χ1n) is 8.97.